The van der Waals surface area contributed by atoms with Gasteiger partial charge in [-0.3, -0.25) is 4.99 Å². The average Bonchev–Trinajstić information content (AvgIpc) is 2.65. The summed E-state index contributed by atoms with van der Waals surface area (Å²) < 4.78 is 23.9. The Kier molecular flexibility index (Phi) is 7.73. The van der Waals surface area contributed by atoms with Crippen LogP contribution in [0.2, 0.25) is 0 Å². The van der Waals surface area contributed by atoms with Crippen molar-refractivity contribution in [3.63, 3.8) is 0 Å². The molecule has 2 rings (SSSR count). The number of phenols is 1. The monoisotopic (exact) mass is 375 g/mol. The standard InChI is InChI=1S/C20H26FN3O3/c1-14(27-18-6-4-5-16(21)11-18)13-24-20(22-2)23-10-9-15-7-8-17(26-3)12-19(15)25/h4-8,11-12,14,25H,9-10,13H2,1-3H3,(H2,22,23,24). The van der Waals surface area contributed by atoms with Crippen molar-refractivity contribution in [1.82, 2.24) is 10.6 Å². The molecule has 0 heterocycles. The Morgan fingerprint density at radius 1 is 1.19 bits per heavy atom. The number of phenolic OH excluding ortho intramolecular Hbond substituents is 1. The zero-order chi connectivity index (χ0) is 19.6. The fourth-order valence-electron chi connectivity index (χ4n) is 2.47. The number of aliphatic imine (C=N–C) groups is 1. The van der Waals surface area contributed by atoms with Gasteiger partial charge in [0.2, 0.25) is 0 Å². The van der Waals surface area contributed by atoms with E-state index in [4.69, 9.17) is 9.47 Å². The fourth-order valence-corrected chi connectivity index (χ4v) is 2.47. The van der Waals surface area contributed by atoms with Crippen LogP contribution in [0.3, 0.4) is 0 Å². The maximum absolute atomic E-state index is 13.2. The number of benzene rings is 2. The predicted octanol–water partition coefficient (Wildman–Crippen LogP) is 2.71. The molecule has 27 heavy (non-hydrogen) atoms. The number of halogens is 1. The Hall–Kier alpha value is -2.96. The summed E-state index contributed by atoms with van der Waals surface area (Å²) in [6.07, 6.45) is 0.460. The second-order valence-electron chi connectivity index (χ2n) is 6.01. The normalized spacial score (nSPS) is 12.4. The molecule has 6 nitrogen and oxygen atoms in total. The first kappa shape index (κ1) is 20.4. The molecule has 0 aliphatic heterocycles. The molecule has 1 unspecified atom stereocenters. The molecule has 0 spiro atoms. The maximum atomic E-state index is 13.2. The molecule has 0 aromatic heterocycles. The quantitative estimate of drug-likeness (QED) is 0.489. The van der Waals surface area contributed by atoms with Crippen molar-refractivity contribution < 1.29 is 19.0 Å². The molecule has 0 radical (unpaired) electrons. The minimum absolute atomic E-state index is 0.170. The van der Waals surface area contributed by atoms with Crippen LogP contribution in [-0.2, 0) is 6.42 Å². The van der Waals surface area contributed by atoms with Crippen molar-refractivity contribution in [3.8, 4) is 17.2 Å². The van der Waals surface area contributed by atoms with Crippen LogP contribution < -0.4 is 20.1 Å². The van der Waals surface area contributed by atoms with Gasteiger partial charge >= 0.3 is 0 Å². The van der Waals surface area contributed by atoms with E-state index in [-0.39, 0.29) is 17.7 Å². The van der Waals surface area contributed by atoms with E-state index in [1.807, 2.05) is 19.1 Å². The Morgan fingerprint density at radius 3 is 2.67 bits per heavy atom. The van der Waals surface area contributed by atoms with Gasteiger partial charge in [-0.05, 0) is 37.1 Å². The van der Waals surface area contributed by atoms with Crippen LogP contribution in [0.1, 0.15) is 12.5 Å². The van der Waals surface area contributed by atoms with E-state index in [0.717, 1.165) is 5.56 Å². The van der Waals surface area contributed by atoms with Gasteiger partial charge in [0.05, 0.1) is 13.7 Å². The Morgan fingerprint density at radius 2 is 2.00 bits per heavy atom. The van der Waals surface area contributed by atoms with Gasteiger partial charge in [-0.1, -0.05) is 12.1 Å². The number of rotatable bonds is 8. The van der Waals surface area contributed by atoms with Crippen LogP contribution in [0.4, 0.5) is 4.39 Å². The zero-order valence-corrected chi connectivity index (χ0v) is 15.8. The second-order valence-corrected chi connectivity index (χ2v) is 6.01. The number of nitrogens with one attached hydrogen (secondary N) is 2. The van der Waals surface area contributed by atoms with Crippen LogP contribution >= 0.6 is 0 Å². The van der Waals surface area contributed by atoms with Crippen molar-refractivity contribution in [2.75, 3.05) is 27.2 Å². The molecule has 146 valence electrons. The molecule has 2 aromatic carbocycles. The van der Waals surface area contributed by atoms with Crippen LogP contribution in [-0.4, -0.2) is 44.4 Å². The molecule has 3 N–H and O–H groups in total. The van der Waals surface area contributed by atoms with E-state index in [9.17, 15) is 9.50 Å². The van der Waals surface area contributed by atoms with Crippen molar-refractivity contribution in [2.45, 2.75) is 19.4 Å². The molecular formula is C20H26FN3O3. The first-order chi connectivity index (χ1) is 13.0. The lowest BCUT2D eigenvalue weighted by Gasteiger charge is -2.18. The Balaban J connectivity index is 1.75. The number of aromatic hydroxyl groups is 1. The van der Waals surface area contributed by atoms with E-state index in [2.05, 4.69) is 15.6 Å². The van der Waals surface area contributed by atoms with E-state index >= 15 is 0 Å². The summed E-state index contributed by atoms with van der Waals surface area (Å²) >= 11 is 0. The van der Waals surface area contributed by atoms with Crippen molar-refractivity contribution in [1.29, 1.82) is 0 Å². The van der Waals surface area contributed by atoms with Gasteiger partial charge in [0.1, 0.15) is 29.2 Å². The minimum atomic E-state index is -0.327. The molecule has 0 saturated carbocycles. The highest BCUT2D eigenvalue weighted by atomic mass is 19.1. The average molecular weight is 375 g/mol. The largest absolute Gasteiger partial charge is 0.508 e. The lowest BCUT2D eigenvalue weighted by atomic mass is 10.1. The predicted molar refractivity (Wildman–Crippen MR) is 104 cm³/mol. The topological polar surface area (TPSA) is 75.1 Å². The van der Waals surface area contributed by atoms with Gasteiger partial charge in [-0.2, -0.15) is 0 Å². The smallest absolute Gasteiger partial charge is 0.191 e. The molecular weight excluding hydrogens is 349 g/mol. The number of methoxy groups -OCH3 is 1. The molecule has 0 aliphatic rings. The molecule has 0 fully saturated rings. The molecule has 2 aromatic rings. The number of nitrogens with zero attached hydrogens (tertiary/aromatic N) is 1. The number of ether oxygens (including phenoxy) is 2. The van der Waals surface area contributed by atoms with E-state index in [1.165, 1.54) is 12.1 Å². The number of hydrogen-bond acceptors (Lipinski definition) is 4. The van der Waals surface area contributed by atoms with Crippen molar-refractivity contribution in [2.24, 2.45) is 4.99 Å². The summed E-state index contributed by atoms with van der Waals surface area (Å²) in [4.78, 5) is 4.16. The van der Waals surface area contributed by atoms with Crippen LogP contribution in [0.25, 0.3) is 0 Å². The highest BCUT2D eigenvalue weighted by Gasteiger charge is 2.07. The number of hydrogen-bond donors (Lipinski definition) is 3. The van der Waals surface area contributed by atoms with Gasteiger partial charge < -0.3 is 25.2 Å². The third-order valence-corrected chi connectivity index (χ3v) is 3.89. The maximum Gasteiger partial charge on any atom is 0.191 e. The number of guanidine groups is 1. The summed E-state index contributed by atoms with van der Waals surface area (Å²) in [5.41, 5.74) is 0.821. The van der Waals surface area contributed by atoms with Crippen molar-refractivity contribution in [3.05, 3.63) is 53.8 Å². The second kappa shape index (κ2) is 10.3. The molecule has 0 amide bonds. The van der Waals surface area contributed by atoms with Gasteiger partial charge in [0.15, 0.2) is 5.96 Å². The molecule has 1 atom stereocenters. The minimum Gasteiger partial charge on any atom is -0.508 e. The summed E-state index contributed by atoms with van der Waals surface area (Å²) in [7, 11) is 3.24. The SMILES string of the molecule is CN=C(NCCc1ccc(OC)cc1O)NCC(C)Oc1cccc(F)c1. The summed E-state index contributed by atoms with van der Waals surface area (Å²) in [5, 5.41) is 16.3. The highest BCUT2D eigenvalue weighted by Crippen LogP contribution is 2.23. The summed E-state index contributed by atoms with van der Waals surface area (Å²) in [6, 6.07) is 11.3. The third-order valence-electron chi connectivity index (χ3n) is 3.89. The van der Waals surface area contributed by atoms with Crippen LogP contribution in [0, 0.1) is 5.82 Å². The molecule has 0 aliphatic carbocycles. The van der Waals surface area contributed by atoms with Crippen molar-refractivity contribution >= 4 is 5.96 Å². The lowest BCUT2D eigenvalue weighted by molar-refractivity contribution is 0.223. The van der Waals surface area contributed by atoms with E-state index in [0.29, 0.717) is 37.0 Å². The van der Waals surface area contributed by atoms with Crippen LogP contribution in [0.15, 0.2) is 47.5 Å². The molecule has 0 saturated heterocycles. The third kappa shape index (κ3) is 6.69. The Labute approximate surface area is 159 Å². The van der Waals surface area contributed by atoms with Gasteiger partial charge in [0, 0.05) is 25.7 Å². The fraction of sp³-hybridized carbons (Fsp3) is 0.350. The molecule has 7 heteroatoms. The summed E-state index contributed by atoms with van der Waals surface area (Å²) in [6.45, 7) is 2.99. The first-order valence-corrected chi connectivity index (χ1v) is 8.74. The zero-order valence-electron chi connectivity index (χ0n) is 15.8. The molecule has 0 bridgehead atoms. The summed E-state index contributed by atoms with van der Waals surface area (Å²) in [5.74, 6) is 1.61. The highest BCUT2D eigenvalue weighted by molar-refractivity contribution is 5.79. The lowest BCUT2D eigenvalue weighted by Crippen LogP contribution is -2.42. The van der Waals surface area contributed by atoms with Gasteiger partial charge in [0.25, 0.3) is 0 Å². The van der Waals surface area contributed by atoms with Gasteiger partial charge in [-0.15, -0.1) is 0 Å². The first-order valence-electron chi connectivity index (χ1n) is 8.74. The van der Waals surface area contributed by atoms with E-state index < -0.39 is 0 Å². The van der Waals surface area contributed by atoms with Gasteiger partial charge in [-0.25, -0.2) is 4.39 Å². The van der Waals surface area contributed by atoms with E-state index in [1.54, 1.807) is 32.4 Å². The Bertz CT molecular complexity index is 768. The van der Waals surface area contributed by atoms with Crippen LogP contribution in [0.5, 0.6) is 17.2 Å².